The van der Waals surface area contributed by atoms with E-state index in [-0.39, 0.29) is 0 Å². The third kappa shape index (κ3) is 3.24. The zero-order valence-electron chi connectivity index (χ0n) is 10.5. The Bertz CT molecular complexity index is 597. The Balaban J connectivity index is 2.26. The maximum absolute atomic E-state index is 10.4. The Morgan fingerprint density at radius 2 is 2.21 bits per heavy atom. The van der Waals surface area contributed by atoms with Gasteiger partial charge in [-0.25, -0.2) is 0 Å². The van der Waals surface area contributed by atoms with Gasteiger partial charge in [0.25, 0.3) is 0 Å². The quantitative estimate of drug-likeness (QED) is 0.779. The molecule has 0 saturated heterocycles. The second-order valence-electron chi connectivity index (χ2n) is 4.18. The Hall–Kier alpha value is 0.120. The summed E-state index contributed by atoms with van der Waals surface area (Å²) in [5.74, 6) is 0. The van der Waals surface area contributed by atoms with E-state index in [1.807, 2.05) is 20.0 Å². The Morgan fingerprint density at radius 1 is 1.53 bits per heavy atom. The number of aromatic nitrogens is 2. The summed E-state index contributed by atoms with van der Waals surface area (Å²) < 4.78 is 3.67. The van der Waals surface area contributed by atoms with Crippen LogP contribution in [0.3, 0.4) is 0 Å². The molecule has 0 spiro atoms. The summed E-state index contributed by atoms with van der Waals surface area (Å²) >= 11 is 14.7. The molecule has 2 aromatic heterocycles. The molecule has 0 aliphatic heterocycles. The van der Waals surface area contributed by atoms with E-state index in [1.54, 1.807) is 16.0 Å². The molecule has 0 bridgehead atoms. The first-order valence-corrected chi connectivity index (χ1v) is 8.55. The maximum atomic E-state index is 10.4. The topological polar surface area (TPSA) is 38.0 Å². The van der Waals surface area contributed by atoms with E-state index in [9.17, 15) is 5.11 Å². The van der Waals surface area contributed by atoms with Crippen molar-refractivity contribution in [3.8, 4) is 0 Å². The smallest absolute Gasteiger partial charge is 0.0865 e. The SMILES string of the molecule is CCc1nn(C)c(CC(O)c2cc(Br)sc2Br)c1Cl. The zero-order chi connectivity index (χ0) is 14.2. The average molecular weight is 429 g/mol. The van der Waals surface area contributed by atoms with Gasteiger partial charge in [-0.1, -0.05) is 18.5 Å². The minimum absolute atomic E-state index is 0.449. The van der Waals surface area contributed by atoms with Gasteiger partial charge in [-0.3, -0.25) is 4.68 Å². The summed E-state index contributed by atoms with van der Waals surface area (Å²) in [6, 6.07) is 1.92. The summed E-state index contributed by atoms with van der Waals surface area (Å²) in [6.45, 7) is 2.01. The number of thiophene rings is 1. The van der Waals surface area contributed by atoms with Crippen LogP contribution >= 0.6 is 54.8 Å². The first-order chi connectivity index (χ1) is 8.93. The summed E-state index contributed by atoms with van der Waals surface area (Å²) in [6.07, 6.45) is 0.634. The van der Waals surface area contributed by atoms with Gasteiger partial charge in [0.05, 0.1) is 30.1 Å². The lowest BCUT2D eigenvalue weighted by molar-refractivity contribution is 0.175. The van der Waals surface area contributed by atoms with Gasteiger partial charge in [0.1, 0.15) is 0 Å². The molecule has 1 N–H and O–H groups in total. The van der Waals surface area contributed by atoms with E-state index in [0.717, 1.165) is 30.9 Å². The molecule has 7 heteroatoms. The molecular weight excluding hydrogens is 415 g/mol. The standard InChI is InChI=1S/C12H13Br2ClN2OS/c1-3-7-11(15)8(17(2)16-7)5-9(18)6-4-10(13)19-12(6)14/h4,9,18H,3,5H2,1-2H3. The third-order valence-corrected chi connectivity index (χ3v) is 5.75. The first kappa shape index (κ1) is 15.5. The van der Waals surface area contributed by atoms with Crippen LogP contribution in [0.1, 0.15) is 30.0 Å². The summed E-state index contributed by atoms with van der Waals surface area (Å²) in [4.78, 5) is 0. The lowest BCUT2D eigenvalue weighted by atomic mass is 10.1. The molecule has 2 rings (SSSR count). The molecule has 0 aliphatic carbocycles. The molecule has 0 aromatic carbocycles. The molecular formula is C12H13Br2ClN2OS. The van der Waals surface area contributed by atoms with Crippen LogP contribution in [0.5, 0.6) is 0 Å². The van der Waals surface area contributed by atoms with Crippen LogP contribution in [0.25, 0.3) is 0 Å². The second-order valence-corrected chi connectivity index (χ2v) is 8.31. The highest BCUT2D eigenvalue weighted by Gasteiger charge is 2.20. The molecule has 0 aliphatic rings. The van der Waals surface area contributed by atoms with Crippen molar-refractivity contribution in [1.29, 1.82) is 0 Å². The number of hydrogen-bond donors (Lipinski definition) is 1. The van der Waals surface area contributed by atoms with Crippen molar-refractivity contribution >= 4 is 54.8 Å². The number of nitrogens with zero attached hydrogens (tertiary/aromatic N) is 2. The molecule has 1 unspecified atom stereocenters. The summed E-state index contributed by atoms with van der Waals surface area (Å²) in [5, 5.41) is 15.4. The van der Waals surface area contributed by atoms with Gasteiger partial charge in [-0.2, -0.15) is 5.10 Å². The lowest BCUT2D eigenvalue weighted by Crippen LogP contribution is -2.06. The minimum atomic E-state index is -0.602. The predicted molar refractivity (Wildman–Crippen MR) is 86.0 cm³/mol. The number of aliphatic hydroxyl groups excluding tert-OH is 1. The van der Waals surface area contributed by atoms with Crippen LogP contribution in [-0.2, 0) is 19.9 Å². The Morgan fingerprint density at radius 3 is 2.68 bits per heavy atom. The van der Waals surface area contributed by atoms with E-state index >= 15 is 0 Å². The van der Waals surface area contributed by atoms with Gasteiger partial charge in [-0.15, -0.1) is 11.3 Å². The fraction of sp³-hybridized carbons (Fsp3) is 0.417. The molecule has 3 nitrogen and oxygen atoms in total. The minimum Gasteiger partial charge on any atom is -0.388 e. The van der Waals surface area contributed by atoms with Gasteiger partial charge < -0.3 is 5.11 Å². The van der Waals surface area contributed by atoms with Crippen molar-refractivity contribution in [3.05, 3.63) is 35.6 Å². The number of halogens is 3. The van der Waals surface area contributed by atoms with E-state index < -0.39 is 6.10 Å². The van der Waals surface area contributed by atoms with Crippen LogP contribution in [-0.4, -0.2) is 14.9 Å². The molecule has 0 fully saturated rings. The van der Waals surface area contributed by atoms with E-state index in [4.69, 9.17) is 11.6 Å². The second kappa shape index (κ2) is 6.26. The van der Waals surface area contributed by atoms with Crippen molar-refractivity contribution in [1.82, 2.24) is 9.78 Å². The van der Waals surface area contributed by atoms with Crippen LogP contribution in [0, 0.1) is 0 Å². The van der Waals surface area contributed by atoms with Crippen LogP contribution in [0.4, 0.5) is 0 Å². The molecule has 19 heavy (non-hydrogen) atoms. The highest BCUT2D eigenvalue weighted by molar-refractivity contribution is 9.12. The molecule has 104 valence electrons. The van der Waals surface area contributed by atoms with Gasteiger partial charge in [0, 0.05) is 19.0 Å². The number of aryl methyl sites for hydroxylation is 2. The predicted octanol–water partition coefficient (Wildman–Crippen LogP) is 4.50. The van der Waals surface area contributed by atoms with E-state index in [1.165, 1.54) is 0 Å². The summed E-state index contributed by atoms with van der Waals surface area (Å²) in [5.41, 5.74) is 2.60. The van der Waals surface area contributed by atoms with Gasteiger partial charge in [-0.05, 0) is 44.3 Å². The molecule has 0 saturated carbocycles. The molecule has 2 heterocycles. The molecule has 0 amide bonds. The van der Waals surface area contributed by atoms with Gasteiger partial charge >= 0.3 is 0 Å². The lowest BCUT2D eigenvalue weighted by Gasteiger charge is -2.10. The maximum Gasteiger partial charge on any atom is 0.0865 e. The molecule has 1 atom stereocenters. The fourth-order valence-corrected chi connectivity index (χ4v) is 5.24. The van der Waals surface area contributed by atoms with Gasteiger partial charge in [0.15, 0.2) is 0 Å². The Kier molecular flexibility index (Phi) is 5.11. The average Bonchev–Trinajstić information content (AvgIpc) is 2.82. The molecule has 0 radical (unpaired) electrons. The highest BCUT2D eigenvalue weighted by Crippen LogP contribution is 2.37. The van der Waals surface area contributed by atoms with E-state index in [2.05, 4.69) is 37.0 Å². The third-order valence-electron chi connectivity index (χ3n) is 2.93. The number of aliphatic hydroxyl groups is 1. The van der Waals surface area contributed by atoms with Crippen LogP contribution in [0.15, 0.2) is 13.6 Å². The van der Waals surface area contributed by atoms with Crippen molar-refractivity contribution in [2.24, 2.45) is 7.05 Å². The summed E-state index contributed by atoms with van der Waals surface area (Å²) in [7, 11) is 1.85. The highest BCUT2D eigenvalue weighted by atomic mass is 79.9. The Labute approximate surface area is 137 Å². The van der Waals surface area contributed by atoms with Crippen molar-refractivity contribution in [2.45, 2.75) is 25.9 Å². The van der Waals surface area contributed by atoms with Crippen molar-refractivity contribution in [2.75, 3.05) is 0 Å². The number of rotatable bonds is 4. The van der Waals surface area contributed by atoms with Crippen LogP contribution < -0.4 is 0 Å². The fourth-order valence-electron chi connectivity index (χ4n) is 1.91. The normalized spacial score (nSPS) is 12.9. The van der Waals surface area contributed by atoms with Crippen LogP contribution in [0.2, 0.25) is 5.02 Å². The molecule has 2 aromatic rings. The largest absolute Gasteiger partial charge is 0.388 e. The number of hydrogen-bond acceptors (Lipinski definition) is 3. The van der Waals surface area contributed by atoms with E-state index in [0.29, 0.717) is 11.4 Å². The van der Waals surface area contributed by atoms with Crippen molar-refractivity contribution < 1.29 is 5.11 Å². The monoisotopic (exact) mass is 426 g/mol. The first-order valence-electron chi connectivity index (χ1n) is 5.77. The van der Waals surface area contributed by atoms with Crippen molar-refractivity contribution in [3.63, 3.8) is 0 Å². The zero-order valence-corrected chi connectivity index (χ0v) is 15.2. The van der Waals surface area contributed by atoms with Gasteiger partial charge in [0.2, 0.25) is 0 Å².